The highest BCUT2D eigenvalue weighted by atomic mass is 32.1. The molecule has 1 unspecified atom stereocenters. The number of nitrogens with one attached hydrogen (secondary N) is 1. The van der Waals surface area contributed by atoms with Crippen LogP contribution in [0.2, 0.25) is 0 Å². The summed E-state index contributed by atoms with van der Waals surface area (Å²) < 4.78 is 19.6. The van der Waals surface area contributed by atoms with Gasteiger partial charge in [-0.15, -0.1) is 11.3 Å². The van der Waals surface area contributed by atoms with E-state index in [1.165, 1.54) is 22.9 Å². The van der Waals surface area contributed by atoms with Crippen molar-refractivity contribution < 1.29 is 13.9 Å². The van der Waals surface area contributed by atoms with Crippen molar-refractivity contribution in [2.45, 2.75) is 38.6 Å². The van der Waals surface area contributed by atoms with Crippen molar-refractivity contribution in [1.82, 2.24) is 4.90 Å². The Morgan fingerprint density at radius 3 is 2.78 bits per heavy atom. The molecule has 1 aromatic heterocycles. The van der Waals surface area contributed by atoms with E-state index in [9.17, 15) is 9.18 Å². The third kappa shape index (κ3) is 3.93. The Morgan fingerprint density at radius 1 is 1.26 bits per heavy atom. The number of amides is 1. The van der Waals surface area contributed by atoms with E-state index in [0.29, 0.717) is 13.2 Å². The molecule has 2 heterocycles. The quantitative estimate of drug-likeness (QED) is 0.856. The zero-order chi connectivity index (χ0) is 18.8. The largest absolute Gasteiger partial charge is 0.379 e. The van der Waals surface area contributed by atoms with Gasteiger partial charge < -0.3 is 10.1 Å². The average Bonchev–Trinajstić information content (AvgIpc) is 3.00. The second-order valence-corrected chi connectivity index (χ2v) is 8.35. The predicted octanol–water partition coefficient (Wildman–Crippen LogP) is 4.15. The summed E-state index contributed by atoms with van der Waals surface area (Å²) in [5, 5.41) is 3.99. The van der Waals surface area contributed by atoms with Crippen LogP contribution in [0, 0.1) is 5.82 Å². The molecule has 1 amide bonds. The fourth-order valence-corrected chi connectivity index (χ4v) is 5.57. The molecule has 0 radical (unpaired) electrons. The summed E-state index contributed by atoms with van der Waals surface area (Å²) >= 11 is 1.70. The van der Waals surface area contributed by atoms with Crippen LogP contribution in [0.25, 0.3) is 0 Å². The number of halogens is 1. The molecule has 0 bridgehead atoms. The number of benzene rings is 1. The molecular weight excluding hydrogens is 363 g/mol. The maximum atomic E-state index is 14.1. The van der Waals surface area contributed by atoms with E-state index < -0.39 is 0 Å². The Kier molecular flexibility index (Phi) is 5.57. The highest BCUT2D eigenvalue weighted by molar-refractivity contribution is 7.16. The molecule has 1 aliphatic heterocycles. The van der Waals surface area contributed by atoms with Gasteiger partial charge in [-0.2, -0.15) is 0 Å². The first kappa shape index (κ1) is 18.6. The lowest BCUT2D eigenvalue weighted by atomic mass is 9.88. The van der Waals surface area contributed by atoms with Crippen LogP contribution in [0.1, 0.15) is 47.4 Å². The van der Waals surface area contributed by atoms with Gasteiger partial charge in [0.1, 0.15) is 10.8 Å². The first-order chi connectivity index (χ1) is 13.1. The summed E-state index contributed by atoms with van der Waals surface area (Å²) in [6, 6.07) is 6.81. The SMILES string of the molecule is CC(=O)Nc1sc2c(c1C(c1cccc(F)c1)N1CCOCC1)CCCC2. The Balaban J connectivity index is 1.86. The molecule has 2 aliphatic rings. The molecule has 0 spiro atoms. The van der Waals surface area contributed by atoms with Crippen molar-refractivity contribution in [2.75, 3.05) is 31.6 Å². The number of anilines is 1. The maximum absolute atomic E-state index is 14.1. The van der Waals surface area contributed by atoms with Crippen LogP contribution >= 0.6 is 11.3 Å². The maximum Gasteiger partial charge on any atom is 0.221 e. The summed E-state index contributed by atoms with van der Waals surface area (Å²) in [5.74, 6) is -0.286. The number of ether oxygens (including phenoxy) is 1. The van der Waals surface area contributed by atoms with Gasteiger partial charge in [0.2, 0.25) is 5.91 Å². The second kappa shape index (κ2) is 8.09. The van der Waals surface area contributed by atoms with E-state index in [1.54, 1.807) is 30.4 Å². The number of hydrogen-bond acceptors (Lipinski definition) is 4. The minimum atomic E-state index is -0.226. The zero-order valence-electron chi connectivity index (χ0n) is 15.6. The van der Waals surface area contributed by atoms with E-state index in [0.717, 1.165) is 48.5 Å². The molecule has 0 saturated carbocycles. The molecule has 27 heavy (non-hydrogen) atoms. The summed E-state index contributed by atoms with van der Waals surface area (Å²) in [7, 11) is 0. The predicted molar refractivity (Wildman–Crippen MR) is 106 cm³/mol. The summed E-state index contributed by atoms with van der Waals surface area (Å²) in [5.41, 5.74) is 3.46. The summed E-state index contributed by atoms with van der Waals surface area (Å²) in [6.07, 6.45) is 4.44. The van der Waals surface area contributed by atoms with Crippen LogP contribution in [-0.4, -0.2) is 37.1 Å². The molecule has 6 heteroatoms. The number of hydrogen-bond donors (Lipinski definition) is 1. The van der Waals surface area contributed by atoms with Gasteiger partial charge in [-0.05, 0) is 48.9 Å². The molecule has 1 saturated heterocycles. The number of thiophene rings is 1. The molecule has 1 N–H and O–H groups in total. The summed E-state index contributed by atoms with van der Waals surface area (Å²) in [4.78, 5) is 15.6. The minimum absolute atomic E-state index is 0.0604. The van der Waals surface area contributed by atoms with Gasteiger partial charge in [0.15, 0.2) is 0 Å². The summed E-state index contributed by atoms with van der Waals surface area (Å²) in [6.45, 7) is 4.49. The smallest absolute Gasteiger partial charge is 0.221 e. The van der Waals surface area contributed by atoms with Gasteiger partial charge in [0, 0.05) is 30.5 Å². The molecule has 2 aromatic rings. The highest BCUT2D eigenvalue weighted by Crippen LogP contribution is 2.45. The fraction of sp³-hybridized carbons (Fsp3) is 0.476. The number of aryl methyl sites for hydroxylation is 1. The van der Waals surface area contributed by atoms with Gasteiger partial charge in [-0.25, -0.2) is 4.39 Å². The molecule has 1 aliphatic carbocycles. The first-order valence-corrected chi connectivity index (χ1v) is 10.4. The van der Waals surface area contributed by atoms with Gasteiger partial charge in [-0.1, -0.05) is 12.1 Å². The van der Waals surface area contributed by atoms with E-state index >= 15 is 0 Å². The molecule has 1 aromatic carbocycles. The standard InChI is InChI=1S/C21H25FN2O2S/c1-14(25)23-21-19(17-7-2-3-8-18(17)27-21)20(24-9-11-26-12-10-24)15-5-4-6-16(22)13-15/h4-6,13,20H,2-3,7-12H2,1H3,(H,23,25). The fourth-order valence-electron chi connectivity index (χ4n) is 4.20. The molecular formula is C21H25FN2O2S. The van der Waals surface area contributed by atoms with Crippen molar-refractivity contribution in [1.29, 1.82) is 0 Å². The molecule has 144 valence electrons. The number of fused-ring (bicyclic) bond motifs is 1. The van der Waals surface area contributed by atoms with Crippen LogP contribution < -0.4 is 5.32 Å². The molecule has 4 rings (SSSR count). The van der Waals surface area contributed by atoms with Crippen molar-refractivity contribution in [3.8, 4) is 0 Å². The van der Waals surface area contributed by atoms with E-state index in [2.05, 4.69) is 10.2 Å². The molecule has 1 fully saturated rings. The van der Waals surface area contributed by atoms with Gasteiger partial charge >= 0.3 is 0 Å². The number of carbonyl (C=O) groups excluding carboxylic acids is 1. The lowest BCUT2D eigenvalue weighted by molar-refractivity contribution is -0.114. The van der Waals surface area contributed by atoms with Gasteiger partial charge in [0.05, 0.1) is 19.3 Å². The number of carbonyl (C=O) groups is 1. The Hall–Kier alpha value is -1.76. The topological polar surface area (TPSA) is 41.6 Å². The first-order valence-electron chi connectivity index (χ1n) is 9.63. The minimum Gasteiger partial charge on any atom is -0.379 e. The van der Waals surface area contributed by atoms with Crippen molar-refractivity contribution >= 4 is 22.2 Å². The van der Waals surface area contributed by atoms with Crippen molar-refractivity contribution in [3.05, 3.63) is 51.7 Å². The van der Waals surface area contributed by atoms with E-state index in [1.807, 2.05) is 6.07 Å². The Bertz CT molecular complexity index is 830. The van der Waals surface area contributed by atoms with Crippen LogP contribution in [0.15, 0.2) is 24.3 Å². The highest BCUT2D eigenvalue weighted by Gasteiger charge is 2.32. The zero-order valence-corrected chi connectivity index (χ0v) is 16.4. The van der Waals surface area contributed by atoms with Crippen molar-refractivity contribution in [3.63, 3.8) is 0 Å². The third-order valence-electron chi connectivity index (χ3n) is 5.35. The van der Waals surface area contributed by atoms with Crippen LogP contribution in [0.4, 0.5) is 9.39 Å². The molecule has 1 atom stereocenters. The molecule has 4 nitrogen and oxygen atoms in total. The van der Waals surface area contributed by atoms with E-state index in [-0.39, 0.29) is 17.8 Å². The Morgan fingerprint density at radius 2 is 2.04 bits per heavy atom. The third-order valence-corrected chi connectivity index (χ3v) is 6.57. The lowest BCUT2D eigenvalue weighted by Gasteiger charge is -2.36. The Labute approximate surface area is 163 Å². The number of nitrogens with zero attached hydrogens (tertiary/aromatic N) is 1. The normalized spacial score (nSPS) is 18.7. The van der Waals surface area contributed by atoms with Crippen LogP contribution in [-0.2, 0) is 22.4 Å². The lowest BCUT2D eigenvalue weighted by Crippen LogP contribution is -2.40. The second-order valence-electron chi connectivity index (χ2n) is 7.24. The number of morpholine rings is 1. The number of rotatable bonds is 4. The van der Waals surface area contributed by atoms with Crippen LogP contribution in [0.3, 0.4) is 0 Å². The van der Waals surface area contributed by atoms with E-state index in [4.69, 9.17) is 4.74 Å². The van der Waals surface area contributed by atoms with Crippen LogP contribution in [0.5, 0.6) is 0 Å². The monoisotopic (exact) mass is 388 g/mol. The average molecular weight is 389 g/mol. The van der Waals surface area contributed by atoms with Gasteiger partial charge in [-0.3, -0.25) is 9.69 Å². The van der Waals surface area contributed by atoms with Gasteiger partial charge in [0.25, 0.3) is 0 Å². The van der Waals surface area contributed by atoms with Crippen molar-refractivity contribution in [2.24, 2.45) is 0 Å².